The highest BCUT2D eigenvalue weighted by atomic mass is 32.2. The van der Waals surface area contributed by atoms with E-state index in [2.05, 4.69) is 26.3 Å². The lowest BCUT2D eigenvalue weighted by Gasteiger charge is -2.25. The van der Waals surface area contributed by atoms with Gasteiger partial charge in [-0.25, -0.2) is 9.48 Å². The third-order valence-electron chi connectivity index (χ3n) is 4.84. The van der Waals surface area contributed by atoms with Gasteiger partial charge in [0.1, 0.15) is 5.54 Å². The molecule has 1 unspecified atom stereocenters. The number of tetrazole rings is 1. The maximum Gasteiger partial charge on any atom is 0.344 e. The summed E-state index contributed by atoms with van der Waals surface area (Å²) in [4.78, 5) is 39.1. The van der Waals surface area contributed by atoms with E-state index in [9.17, 15) is 14.4 Å². The minimum atomic E-state index is -1.20. The van der Waals surface area contributed by atoms with E-state index < -0.39 is 23.4 Å². The summed E-state index contributed by atoms with van der Waals surface area (Å²) in [5, 5.41) is 17.4. The van der Waals surface area contributed by atoms with Crippen LogP contribution in [-0.2, 0) is 21.7 Å². The van der Waals surface area contributed by atoms with Crippen molar-refractivity contribution in [1.29, 1.82) is 0 Å². The van der Waals surface area contributed by atoms with Gasteiger partial charge in [0.25, 0.3) is 5.91 Å². The van der Waals surface area contributed by atoms with Gasteiger partial charge >= 0.3 is 6.03 Å². The molecule has 0 spiro atoms. The summed E-state index contributed by atoms with van der Waals surface area (Å²) in [5.41, 5.74) is 1.86. The number of thioether (sulfide) groups is 1. The predicted molar refractivity (Wildman–Crippen MR) is 114 cm³/mol. The molecule has 31 heavy (non-hydrogen) atoms. The number of nitrogens with zero attached hydrogens (tertiary/aromatic N) is 5. The van der Waals surface area contributed by atoms with E-state index in [1.807, 2.05) is 23.6 Å². The Morgan fingerprint density at radius 1 is 1.23 bits per heavy atom. The highest BCUT2D eigenvalue weighted by Crippen LogP contribution is 2.31. The highest BCUT2D eigenvalue weighted by Gasteiger charge is 2.52. The van der Waals surface area contributed by atoms with Crippen molar-refractivity contribution in [3.63, 3.8) is 0 Å². The molecule has 1 aromatic carbocycles. The number of nitrogens with one attached hydrogen (secondary N) is 2. The average Bonchev–Trinajstić information content (AvgIpc) is 3.51. The number of thiophene rings is 1. The molecule has 2 aromatic heterocycles. The predicted octanol–water partition coefficient (Wildman–Crippen LogP) is 1.76. The fourth-order valence-corrected chi connectivity index (χ4v) is 4.63. The number of urea groups is 1. The summed E-state index contributed by atoms with van der Waals surface area (Å²) in [6.07, 6.45) is 0.347. The van der Waals surface area contributed by atoms with E-state index in [1.165, 1.54) is 0 Å². The molecule has 0 bridgehead atoms. The van der Waals surface area contributed by atoms with Crippen LogP contribution in [-0.4, -0.2) is 48.8 Å². The molecular weight excluding hydrogens is 438 g/mol. The first-order chi connectivity index (χ1) is 15.0. The van der Waals surface area contributed by atoms with E-state index >= 15 is 0 Å². The molecule has 1 atom stereocenters. The van der Waals surface area contributed by atoms with Crippen LogP contribution in [0.3, 0.4) is 0 Å². The molecule has 0 aliphatic carbocycles. The Bertz CT molecular complexity index is 1090. The van der Waals surface area contributed by atoms with Crippen molar-refractivity contribution < 1.29 is 14.4 Å². The number of imide groups is 1. The first-order valence-corrected chi connectivity index (χ1v) is 11.3. The molecule has 1 aliphatic heterocycles. The smallest absolute Gasteiger partial charge is 0.318 e. The van der Waals surface area contributed by atoms with E-state index in [1.54, 1.807) is 47.2 Å². The van der Waals surface area contributed by atoms with Gasteiger partial charge in [0.2, 0.25) is 11.1 Å². The number of amides is 4. The van der Waals surface area contributed by atoms with E-state index in [-0.39, 0.29) is 5.75 Å². The zero-order valence-electron chi connectivity index (χ0n) is 16.5. The Hall–Kier alpha value is -3.25. The van der Waals surface area contributed by atoms with Crippen molar-refractivity contribution in [2.24, 2.45) is 0 Å². The first-order valence-electron chi connectivity index (χ1n) is 9.46. The summed E-state index contributed by atoms with van der Waals surface area (Å²) in [6.45, 7) is 2.30. The summed E-state index contributed by atoms with van der Waals surface area (Å²) in [7, 11) is 0. The Balaban J connectivity index is 1.40. The van der Waals surface area contributed by atoms with Gasteiger partial charge in [-0.05, 0) is 33.9 Å². The number of hydrogen-bond donors (Lipinski definition) is 2. The topological polar surface area (TPSA) is 122 Å². The number of carbonyl (C=O) groups is 3. The van der Waals surface area contributed by atoms with Gasteiger partial charge in [0, 0.05) is 4.88 Å². The average molecular weight is 458 g/mol. The number of hydrogen-bond acceptors (Lipinski definition) is 8. The molecule has 1 fully saturated rings. The lowest BCUT2D eigenvalue weighted by molar-refractivity contribution is -0.138. The summed E-state index contributed by atoms with van der Waals surface area (Å²) in [5.74, 6) is -1.10. The van der Waals surface area contributed by atoms with E-state index in [4.69, 9.17) is 0 Å². The van der Waals surface area contributed by atoms with Gasteiger partial charge in [-0.15, -0.1) is 16.4 Å². The molecule has 10 nitrogen and oxygen atoms in total. The number of aromatic nitrogens is 4. The number of carbonyl (C=O) groups excluding carboxylic acids is 3. The van der Waals surface area contributed by atoms with Crippen LogP contribution in [0.4, 0.5) is 4.79 Å². The molecule has 4 rings (SSSR count). The fourth-order valence-electron chi connectivity index (χ4n) is 3.27. The normalized spacial score (nSPS) is 18.3. The molecule has 160 valence electrons. The van der Waals surface area contributed by atoms with Crippen LogP contribution in [0.5, 0.6) is 0 Å². The zero-order valence-corrected chi connectivity index (χ0v) is 18.2. The second-order valence-corrected chi connectivity index (χ2v) is 8.69. The largest absolute Gasteiger partial charge is 0.344 e. The minimum Gasteiger partial charge on any atom is -0.318 e. The van der Waals surface area contributed by atoms with Crippen molar-refractivity contribution in [1.82, 2.24) is 36.0 Å². The van der Waals surface area contributed by atoms with Gasteiger partial charge in [-0.3, -0.25) is 15.0 Å². The standard InChI is InChI=1S/C19H19N7O3S2/c1-2-19(13-7-4-3-5-8-13)16(28)26(17(29)20-19)22-15(27)12-31-18-21-23-24-25(18)11-14-9-6-10-30-14/h3-10H,2,11-12H2,1H3,(H,20,29)(H,22,27). The number of rotatable bonds is 8. The van der Waals surface area contributed by atoms with Crippen molar-refractivity contribution in [2.45, 2.75) is 30.6 Å². The molecule has 0 saturated carbocycles. The molecule has 2 N–H and O–H groups in total. The number of hydrazine groups is 1. The third-order valence-corrected chi connectivity index (χ3v) is 6.66. The van der Waals surface area contributed by atoms with Gasteiger partial charge in [0.05, 0.1) is 12.3 Å². The lowest BCUT2D eigenvalue weighted by atomic mass is 9.87. The zero-order chi connectivity index (χ0) is 21.8. The molecule has 3 aromatic rings. The minimum absolute atomic E-state index is 0.0632. The molecule has 1 saturated heterocycles. The Labute approximate surface area is 186 Å². The van der Waals surface area contributed by atoms with Crippen molar-refractivity contribution in [3.8, 4) is 0 Å². The molecule has 4 amide bonds. The van der Waals surface area contributed by atoms with Gasteiger partial charge < -0.3 is 5.32 Å². The van der Waals surface area contributed by atoms with Crippen molar-refractivity contribution in [2.75, 3.05) is 5.75 Å². The first kappa shape index (κ1) is 21.0. The highest BCUT2D eigenvalue weighted by molar-refractivity contribution is 7.99. The van der Waals surface area contributed by atoms with Gasteiger partial charge in [-0.1, -0.05) is 55.1 Å². The second-order valence-electron chi connectivity index (χ2n) is 6.72. The maximum atomic E-state index is 13.1. The van der Waals surface area contributed by atoms with Crippen LogP contribution in [0.2, 0.25) is 0 Å². The fraction of sp³-hybridized carbons (Fsp3) is 0.263. The van der Waals surface area contributed by atoms with Crippen LogP contribution < -0.4 is 10.7 Å². The van der Waals surface area contributed by atoms with Gasteiger partial charge in [-0.2, -0.15) is 5.01 Å². The Morgan fingerprint density at radius 3 is 2.74 bits per heavy atom. The van der Waals surface area contributed by atoms with Crippen molar-refractivity contribution in [3.05, 3.63) is 58.3 Å². The van der Waals surface area contributed by atoms with Crippen LogP contribution in [0.25, 0.3) is 0 Å². The SMILES string of the molecule is CCC1(c2ccccc2)NC(=O)N(NC(=O)CSc2nnnn2Cc2cccs2)C1=O. The number of benzene rings is 1. The van der Waals surface area contributed by atoms with Crippen LogP contribution in [0, 0.1) is 0 Å². The quantitative estimate of drug-likeness (QED) is 0.390. The molecule has 3 heterocycles. The van der Waals surface area contributed by atoms with E-state index in [0.717, 1.165) is 21.6 Å². The summed E-state index contributed by atoms with van der Waals surface area (Å²) >= 11 is 2.70. The Kier molecular flexibility index (Phi) is 6.00. The Morgan fingerprint density at radius 2 is 2.03 bits per heavy atom. The molecule has 0 radical (unpaired) electrons. The van der Waals surface area contributed by atoms with Crippen LogP contribution in [0.15, 0.2) is 53.0 Å². The molecule has 12 heteroatoms. The van der Waals surface area contributed by atoms with Crippen LogP contribution in [0.1, 0.15) is 23.8 Å². The lowest BCUT2D eigenvalue weighted by Crippen LogP contribution is -2.49. The summed E-state index contributed by atoms with van der Waals surface area (Å²) < 4.78 is 1.59. The summed E-state index contributed by atoms with van der Waals surface area (Å²) in [6, 6.07) is 12.2. The maximum absolute atomic E-state index is 13.1. The van der Waals surface area contributed by atoms with Gasteiger partial charge in [0.15, 0.2) is 0 Å². The van der Waals surface area contributed by atoms with E-state index in [0.29, 0.717) is 23.7 Å². The van der Waals surface area contributed by atoms with Crippen LogP contribution >= 0.6 is 23.1 Å². The monoisotopic (exact) mass is 457 g/mol. The second kappa shape index (κ2) is 8.86. The molecular formula is C19H19N7O3S2. The van der Waals surface area contributed by atoms with Crippen molar-refractivity contribution >= 4 is 40.9 Å². The third kappa shape index (κ3) is 4.16. The molecule has 1 aliphatic rings.